The minimum absolute atomic E-state index is 0. The second-order valence-electron chi connectivity index (χ2n) is 19.4. The van der Waals surface area contributed by atoms with Gasteiger partial charge in [0.2, 0.25) is 23.6 Å². The number of anilines is 1. The number of benzene rings is 1. The van der Waals surface area contributed by atoms with Crippen LogP contribution in [0.2, 0.25) is 0 Å². The van der Waals surface area contributed by atoms with E-state index in [2.05, 4.69) is 26.3 Å². The van der Waals surface area contributed by atoms with Gasteiger partial charge in [0.25, 0.3) is 0 Å². The van der Waals surface area contributed by atoms with Crippen LogP contribution in [0.15, 0.2) is 29.3 Å². The Morgan fingerprint density at radius 3 is 1.74 bits per heavy atom. The summed E-state index contributed by atoms with van der Waals surface area (Å²) >= 11 is 1.48. The summed E-state index contributed by atoms with van der Waals surface area (Å²) in [6.07, 6.45) is 3.34. The molecule has 0 aliphatic carbocycles. The topological polar surface area (TPSA) is 360 Å². The number of likely N-dealkylation sites (tertiary alicyclic amines) is 1. The molecule has 2 aliphatic heterocycles. The van der Waals surface area contributed by atoms with Gasteiger partial charge in [-0.05, 0) is 61.3 Å². The van der Waals surface area contributed by atoms with Gasteiger partial charge in [0.15, 0.2) is 17.5 Å². The molecule has 2 saturated heterocycles. The van der Waals surface area contributed by atoms with E-state index in [1.54, 1.807) is 45.9 Å². The number of hydrogen-bond acceptors (Lipinski definition) is 16. The number of thioether (sulfide) groups is 1. The summed E-state index contributed by atoms with van der Waals surface area (Å²) in [5, 5.41) is 39.7. The summed E-state index contributed by atoms with van der Waals surface area (Å²) in [4.78, 5) is 140. The standard InChI is InChI=1S/C50H80N12O13S.Gd/c1-5-33(2)37(47(73)56-38(8-6-15-53-49(51)52)40(63)9-7-16-62-43(66)26-34(3)48(62)74)27-41(64)39(14-25-76-4)57-50(75)55-36-12-10-35(11-13-36)28-54-42(65)29-58-17-19-59(30-44(67)68)21-23-61(32-46(71)72)24-22-60(20-18-58)31-45(69)70;/h10-13,33-34,37-39H,5-9,14-32H2,1-4H3,(H,54,65)(H,56,73)(H,67,68)(H,69,70)(H,71,72)(H4,51,52,53)(H2,55,57,75);/t33-,34?,37-,38-,39-;/m0./s1. The predicted octanol–water partition coefficient (Wildman–Crippen LogP) is -0.0744. The smallest absolute Gasteiger partial charge is 0.319 e. The van der Waals surface area contributed by atoms with Gasteiger partial charge in [-0.25, -0.2) is 4.79 Å². The van der Waals surface area contributed by atoms with Crippen molar-refractivity contribution in [2.45, 2.75) is 90.8 Å². The van der Waals surface area contributed by atoms with Crippen molar-refractivity contribution in [2.24, 2.45) is 34.2 Å². The van der Waals surface area contributed by atoms with E-state index in [9.17, 15) is 63.3 Å². The largest absolute Gasteiger partial charge is 0.480 e. The average Bonchev–Trinajstić information content (AvgIpc) is 3.60. The molecule has 2 heterocycles. The van der Waals surface area contributed by atoms with E-state index in [0.29, 0.717) is 29.8 Å². The molecule has 2 fully saturated rings. The Morgan fingerprint density at radius 1 is 0.753 bits per heavy atom. The first-order chi connectivity index (χ1) is 36.1. The SMILES string of the molecule is CC[C@H](C)[C@H](CC(=O)[C@H](CCSC)NC(=O)Nc1ccc(CNC(=O)CN2CCN(CC(=O)O)CCN(CC(=O)O)CCN(CC(=O)O)CC2)cc1)C(=O)N[C@@H](CCCN=C(N)N)C(=O)CCCN1C(=O)CC(C)C1=O.[Gd]. The molecular formula is C50H80GdN12O13S. The second kappa shape index (κ2) is 36.3. The van der Waals surface area contributed by atoms with E-state index in [4.69, 9.17) is 11.5 Å². The number of guanidine groups is 1. The number of carbonyl (C=O) groups excluding carboxylic acids is 7. The molecule has 0 aromatic heterocycles. The molecule has 3 rings (SSSR count). The number of nitrogens with two attached hydrogens (primary N) is 2. The van der Waals surface area contributed by atoms with Crippen molar-refractivity contribution >= 4 is 82.5 Å². The van der Waals surface area contributed by atoms with Crippen LogP contribution in [0, 0.1) is 57.7 Å². The number of aliphatic carboxylic acids is 3. The molecule has 432 valence electrons. The van der Waals surface area contributed by atoms with E-state index < -0.39 is 53.8 Å². The van der Waals surface area contributed by atoms with Gasteiger partial charge in [-0.1, -0.05) is 39.3 Å². The van der Waals surface area contributed by atoms with Crippen LogP contribution in [0.5, 0.6) is 0 Å². The average molecular weight is 1250 g/mol. The molecule has 11 N–H and O–H groups in total. The normalized spacial score (nSPS) is 17.8. The molecule has 5 atom stereocenters. The first-order valence-electron chi connectivity index (χ1n) is 25.8. The zero-order chi connectivity index (χ0) is 56.3. The quantitative estimate of drug-likeness (QED) is 0.0203. The van der Waals surface area contributed by atoms with Crippen LogP contribution in [0.1, 0.15) is 77.7 Å². The van der Waals surface area contributed by atoms with Crippen LogP contribution < -0.4 is 32.7 Å². The number of Topliss-reactive ketones (excluding diaryl/α,β-unsaturated/α-hetero) is 2. The Bertz CT molecular complexity index is 2140. The third-order valence-electron chi connectivity index (χ3n) is 13.4. The van der Waals surface area contributed by atoms with Crippen molar-refractivity contribution in [3.8, 4) is 0 Å². The van der Waals surface area contributed by atoms with Crippen molar-refractivity contribution in [2.75, 3.05) is 109 Å². The molecular weight excluding hydrogens is 1170 g/mol. The van der Waals surface area contributed by atoms with E-state index in [1.165, 1.54) is 11.8 Å². The fourth-order valence-electron chi connectivity index (χ4n) is 8.79. The van der Waals surface area contributed by atoms with Crippen LogP contribution in [0.3, 0.4) is 0 Å². The summed E-state index contributed by atoms with van der Waals surface area (Å²) in [5.41, 5.74) is 12.1. The third kappa shape index (κ3) is 26.5. The maximum absolute atomic E-state index is 14.1. The molecule has 1 aromatic carbocycles. The number of aliphatic imine (C=N–C) groups is 1. The maximum atomic E-state index is 14.1. The number of carbonyl (C=O) groups is 10. The van der Waals surface area contributed by atoms with Gasteiger partial charge in [-0.2, -0.15) is 11.8 Å². The zero-order valence-electron chi connectivity index (χ0n) is 44.7. The number of carboxylic acids is 3. The van der Waals surface area contributed by atoms with Gasteiger partial charge >= 0.3 is 23.9 Å². The van der Waals surface area contributed by atoms with E-state index in [0.717, 1.165) is 4.90 Å². The maximum Gasteiger partial charge on any atom is 0.319 e. The number of carboxylic acid groups (broad SMARTS) is 3. The van der Waals surface area contributed by atoms with Gasteiger partial charge in [0.1, 0.15) is 0 Å². The molecule has 77 heavy (non-hydrogen) atoms. The van der Waals surface area contributed by atoms with Gasteiger partial charge < -0.3 is 48.1 Å². The monoisotopic (exact) mass is 1250 g/mol. The minimum atomic E-state index is -1.06. The van der Waals surface area contributed by atoms with Gasteiger partial charge in [0, 0.05) is 149 Å². The molecule has 0 bridgehead atoms. The Hall–Kier alpha value is -4.90. The predicted molar refractivity (Wildman–Crippen MR) is 285 cm³/mol. The molecule has 27 heteroatoms. The Balaban J connectivity index is 0.0000203. The fourth-order valence-corrected chi connectivity index (χ4v) is 9.26. The summed E-state index contributed by atoms with van der Waals surface area (Å²) in [7, 11) is 0. The molecule has 1 aromatic rings. The summed E-state index contributed by atoms with van der Waals surface area (Å²) < 4.78 is 0. The number of ketones is 2. The van der Waals surface area contributed by atoms with Crippen LogP contribution in [-0.4, -0.2) is 221 Å². The summed E-state index contributed by atoms with van der Waals surface area (Å²) in [5.74, 6) is -6.38. The van der Waals surface area contributed by atoms with Crippen molar-refractivity contribution in [3.63, 3.8) is 0 Å². The number of nitrogens with zero attached hydrogens (tertiary/aromatic N) is 6. The number of imide groups is 1. The first kappa shape index (κ1) is 68.2. The number of hydrogen-bond donors (Lipinski definition) is 9. The van der Waals surface area contributed by atoms with Crippen LogP contribution in [-0.2, 0) is 49.7 Å². The minimum Gasteiger partial charge on any atom is -0.480 e. The van der Waals surface area contributed by atoms with Crippen LogP contribution in [0.4, 0.5) is 10.5 Å². The molecule has 1 unspecified atom stereocenters. The summed E-state index contributed by atoms with van der Waals surface area (Å²) in [6, 6.07) is 4.10. The number of rotatable bonds is 31. The number of amides is 6. The zero-order valence-corrected chi connectivity index (χ0v) is 47.8. The van der Waals surface area contributed by atoms with E-state index >= 15 is 0 Å². The number of nitrogens with one attached hydrogen (secondary N) is 4. The molecule has 0 radical (unpaired) electrons. The van der Waals surface area contributed by atoms with Crippen molar-refractivity contribution in [1.82, 2.24) is 40.4 Å². The van der Waals surface area contributed by atoms with Crippen molar-refractivity contribution in [1.29, 1.82) is 0 Å². The van der Waals surface area contributed by atoms with E-state index in [-0.39, 0.29) is 218 Å². The molecule has 0 spiro atoms. The van der Waals surface area contributed by atoms with Crippen LogP contribution in [0.25, 0.3) is 0 Å². The van der Waals surface area contributed by atoms with E-state index in [1.807, 2.05) is 25.0 Å². The Labute approximate surface area is 486 Å². The van der Waals surface area contributed by atoms with Crippen molar-refractivity contribution in [3.05, 3.63) is 29.8 Å². The molecule has 2 aliphatic rings. The molecule has 0 saturated carbocycles. The molecule has 25 nitrogen and oxygen atoms in total. The number of urea groups is 1. The van der Waals surface area contributed by atoms with Gasteiger partial charge in [-0.15, -0.1) is 0 Å². The Morgan fingerprint density at radius 2 is 1.27 bits per heavy atom. The fraction of sp³-hybridized carbons (Fsp3) is 0.660. The first-order valence-corrected chi connectivity index (χ1v) is 27.2. The Kier molecular flexibility index (Phi) is 32.2. The molecule has 6 amide bonds. The van der Waals surface area contributed by atoms with Gasteiger partial charge in [-0.3, -0.25) is 72.6 Å². The summed E-state index contributed by atoms with van der Waals surface area (Å²) in [6.45, 7) is 6.97. The van der Waals surface area contributed by atoms with Crippen molar-refractivity contribution < 1.29 is 103 Å². The third-order valence-corrected chi connectivity index (χ3v) is 14.0. The second-order valence-corrected chi connectivity index (χ2v) is 20.4. The van der Waals surface area contributed by atoms with Crippen LogP contribution >= 0.6 is 11.8 Å². The van der Waals surface area contributed by atoms with Gasteiger partial charge in [0.05, 0.1) is 38.3 Å².